The lowest BCUT2D eigenvalue weighted by atomic mass is 9.95. The third-order valence-corrected chi connectivity index (χ3v) is 5.68. The van der Waals surface area contributed by atoms with Crippen molar-refractivity contribution >= 4 is 23.1 Å². The number of ketones is 1. The minimum Gasteiger partial charge on any atom is -0.507 e. The number of Topliss-reactive ketones (excluding diaryl/α,β-unsaturated/α-hetero) is 1. The molecular weight excluding hydrogens is 441 g/mol. The van der Waals surface area contributed by atoms with Gasteiger partial charge in [0.2, 0.25) is 6.79 Å². The molecule has 0 aliphatic carbocycles. The van der Waals surface area contributed by atoms with E-state index >= 15 is 0 Å². The average molecular weight is 461 g/mol. The average Bonchev–Trinajstić information content (AvgIpc) is 3.41. The Kier molecular flexibility index (Phi) is 5.41. The Morgan fingerprint density at radius 1 is 1.06 bits per heavy atom. The molecule has 2 heterocycles. The van der Waals surface area contributed by atoms with Crippen molar-refractivity contribution in [2.45, 2.75) is 13.0 Å². The van der Waals surface area contributed by atoms with Gasteiger partial charge in [0, 0.05) is 17.3 Å². The zero-order valence-corrected chi connectivity index (χ0v) is 18.2. The van der Waals surface area contributed by atoms with Gasteiger partial charge < -0.3 is 19.3 Å². The molecule has 5 rings (SSSR count). The summed E-state index contributed by atoms with van der Waals surface area (Å²) in [5, 5.41) is 11.1. The quantitative estimate of drug-likeness (QED) is 0.340. The van der Waals surface area contributed by atoms with Crippen LogP contribution in [0, 0.1) is 5.82 Å². The highest BCUT2D eigenvalue weighted by Gasteiger charge is 2.47. The summed E-state index contributed by atoms with van der Waals surface area (Å²) < 4.78 is 29.9. The number of carbonyl (C=O) groups is 2. The third-order valence-electron chi connectivity index (χ3n) is 5.68. The van der Waals surface area contributed by atoms with Crippen LogP contribution in [-0.2, 0) is 9.59 Å². The molecule has 1 N–H and O–H groups in total. The van der Waals surface area contributed by atoms with Crippen LogP contribution < -0.4 is 19.1 Å². The second-order valence-corrected chi connectivity index (χ2v) is 7.72. The fourth-order valence-corrected chi connectivity index (χ4v) is 4.15. The van der Waals surface area contributed by atoms with Crippen molar-refractivity contribution < 1.29 is 33.3 Å². The fourth-order valence-electron chi connectivity index (χ4n) is 4.15. The van der Waals surface area contributed by atoms with Gasteiger partial charge in [-0.3, -0.25) is 14.5 Å². The van der Waals surface area contributed by atoms with E-state index in [1.54, 1.807) is 42.5 Å². The molecular formula is C26H20FNO6. The summed E-state index contributed by atoms with van der Waals surface area (Å²) in [4.78, 5) is 27.8. The van der Waals surface area contributed by atoms with Crippen molar-refractivity contribution in [2.75, 3.05) is 18.3 Å². The predicted octanol–water partition coefficient (Wildman–Crippen LogP) is 4.58. The molecule has 2 aliphatic heterocycles. The molecule has 1 fully saturated rings. The topological polar surface area (TPSA) is 85.3 Å². The number of hydrogen-bond acceptors (Lipinski definition) is 6. The van der Waals surface area contributed by atoms with Gasteiger partial charge in [0.05, 0.1) is 18.2 Å². The second-order valence-electron chi connectivity index (χ2n) is 7.72. The highest BCUT2D eigenvalue weighted by atomic mass is 19.1. The van der Waals surface area contributed by atoms with E-state index in [0.717, 1.165) is 0 Å². The van der Waals surface area contributed by atoms with Gasteiger partial charge in [0.1, 0.15) is 17.3 Å². The molecule has 0 spiro atoms. The third kappa shape index (κ3) is 3.63. The Hall–Kier alpha value is -4.33. The van der Waals surface area contributed by atoms with E-state index in [-0.39, 0.29) is 17.9 Å². The minimum absolute atomic E-state index is 0.0575. The van der Waals surface area contributed by atoms with E-state index in [2.05, 4.69) is 0 Å². The van der Waals surface area contributed by atoms with Gasteiger partial charge in [0.15, 0.2) is 11.5 Å². The number of nitrogens with zero attached hydrogens (tertiary/aromatic N) is 1. The molecule has 172 valence electrons. The van der Waals surface area contributed by atoms with E-state index in [4.69, 9.17) is 14.2 Å². The first-order chi connectivity index (χ1) is 16.5. The molecule has 0 radical (unpaired) electrons. The number of amides is 1. The fraction of sp³-hybridized carbons (Fsp3) is 0.154. The summed E-state index contributed by atoms with van der Waals surface area (Å²) in [6, 6.07) is 16.0. The van der Waals surface area contributed by atoms with Gasteiger partial charge in [-0.25, -0.2) is 4.39 Å². The maximum Gasteiger partial charge on any atom is 0.300 e. The Bertz CT molecular complexity index is 1320. The number of benzene rings is 3. The van der Waals surface area contributed by atoms with Gasteiger partial charge in [-0.15, -0.1) is 0 Å². The Balaban J connectivity index is 1.70. The Labute approximate surface area is 194 Å². The van der Waals surface area contributed by atoms with E-state index in [1.165, 1.54) is 29.2 Å². The summed E-state index contributed by atoms with van der Waals surface area (Å²) in [7, 11) is 0. The van der Waals surface area contributed by atoms with Crippen molar-refractivity contribution in [1.82, 2.24) is 0 Å². The number of aliphatic hydroxyl groups excluding tert-OH is 1. The van der Waals surface area contributed by atoms with Gasteiger partial charge in [-0.2, -0.15) is 0 Å². The normalized spacial score (nSPS) is 18.4. The van der Waals surface area contributed by atoms with Crippen LogP contribution >= 0.6 is 0 Å². The first kappa shape index (κ1) is 21.5. The summed E-state index contributed by atoms with van der Waals surface area (Å²) in [5.74, 6) is -1.02. The first-order valence-corrected chi connectivity index (χ1v) is 10.7. The molecule has 34 heavy (non-hydrogen) atoms. The smallest absolute Gasteiger partial charge is 0.300 e. The van der Waals surface area contributed by atoms with Crippen molar-refractivity contribution in [3.63, 3.8) is 0 Å². The van der Waals surface area contributed by atoms with Crippen molar-refractivity contribution in [1.29, 1.82) is 0 Å². The van der Waals surface area contributed by atoms with Crippen LogP contribution in [0.4, 0.5) is 10.1 Å². The lowest BCUT2D eigenvalue weighted by molar-refractivity contribution is -0.132. The molecule has 7 nitrogen and oxygen atoms in total. The molecule has 1 saturated heterocycles. The lowest BCUT2D eigenvalue weighted by Crippen LogP contribution is -2.29. The van der Waals surface area contributed by atoms with Crippen LogP contribution in [0.3, 0.4) is 0 Å². The minimum atomic E-state index is -0.953. The number of carbonyl (C=O) groups excluding carboxylic acids is 2. The van der Waals surface area contributed by atoms with Crippen LogP contribution in [0.2, 0.25) is 0 Å². The molecule has 1 unspecified atom stereocenters. The first-order valence-electron chi connectivity index (χ1n) is 10.7. The number of hydrogen-bond donors (Lipinski definition) is 1. The molecule has 3 aromatic carbocycles. The molecule has 1 atom stereocenters. The summed E-state index contributed by atoms with van der Waals surface area (Å²) >= 11 is 0. The summed E-state index contributed by atoms with van der Waals surface area (Å²) in [6.07, 6.45) is 0. The number of halogens is 1. The molecule has 3 aromatic rings. The second kappa shape index (κ2) is 8.55. The predicted molar refractivity (Wildman–Crippen MR) is 121 cm³/mol. The highest BCUT2D eigenvalue weighted by Crippen LogP contribution is 2.45. The van der Waals surface area contributed by atoms with Gasteiger partial charge in [-0.1, -0.05) is 12.1 Å². The SMILES string of the molecule is CCOc1cccc(C2/C(=C(\O)c3ccc(F)cc3)C(=O)C(=O)N2c2ccc3c(c2)OCO3)c1. The van der Waals surface area contributed by atoms with Crippen molar-refractivity contribution in [3.05, 3.63) is 89.2 Å². The highest BCUT2D eigenvalue weighted by molar-refractivity contribution is 6.51. The Morgan fingerprint density at radius 2 is 1.82 bits per heavy atom. The Morgan fingerprint density at radius 3 is 2.59 bits per heavy atom. The van der Waals surface area contributed by atoms with Crippen LogP contribution in [0.5, 0.6) is 17.2 Å². The lowest BCUT2D eigenvalue weighted by Gasteiger charge is -2.26. The van der Waals surface area contributed by atoms with Crippen LogP contribution in [0.25, 0.3) is 5.76 Å². The summed E-state index contributed by atoms with van der Waals surface area (Å²) in [5.41, 5.74) is 1.07. The van der Waals surface area contributed by atoms with E-state index in [1.807, 2.05) is 6.92 Å². The molecule has 8 heteroatoms. The molecule has 0 saturated carbocycles. The molecule has 0 bridgehead atoms. The summed E-state index contributed by atoms with van der Waals surface area (Å²) in [6.45, 7) is 2.34. The van der Waals surface area contributed by atoms with E-state index < -0.39 is 29.3 Å². The molecule has 0 aromatic heterocycles. The van der Waals surface area contributed by atoms with Crippen LogP contribution in [0.15, 0.2) is 72.3 Å². The maximum absolute atomic E-state index is 13.5. The van der Waals surface area contributed by atoms with E-state index in [0.29, 0.717) is 35.1 Å². The maximum atomic E-state index is 13.5. The number of aliphatic hydroxyl groups is 1. The van der Waals surface area contributed by atoms with Crippen LogP contribution in [0.1, 0.15) is 24.1 Å². The zero-order valence-electron chi connectivity index (χ0n) is 18.2. The molecule has 1 amide bonds. The van der Waals surface area contributed by atoms with Crippen molar-refractivity contribution in [3.8, 4) is 17.2 Å². The van der Waals surface area contributed by atoms with Crippen LogP contribution in [-0.4, -0.2) is 30.2 Å². The zero-order chi connectivity index (χ0) is 23.8. The molecule has 2 aliphatic rings. The number of ether oxygens (including phenoxy) is 3. The largest absolute Gasteiger partial charge is 0.507 e. The number of anilines is 1. The number of fused-ring (bicyclic) bond motifs is 1. The number of rotatable bonds is 5. The van der Waals surface area contributed by atoms with Gasteiger partial charge in [0.25, 0.3) is 11.7 Å². The van der Waals surface area contributed by atoms with Crippen molar-refractivity contribution in [2.24, 2.45) is 0 Å². The van der Waals surface area contributed by atoms with Gasteiger partial charge >= 0.3 is 0 Å². The standard InChI is InChI=1S/C26H20FNO6/c1-2-32-19-5-3-4-16(12-19)23-22(24(29)15-6-8-17(27)9-7-15)25(30)26(31)28(23)18-10-11-20-21(13-18)34-14-33-20/h3-13,23,29H,2,14H2,1H3/b24-22+. The monoisotopic (exact) mass is 461 g/mol. The van der Waals surface area contributed by atoms with Gasteiger partial charge in [-0.05, 0) is 61.0 Å². The van der Waals surface area contributed by atoms with E-state index in [9.17, 15) is 19.1 Å².